The molecule has 0 bridgehead atoms. The minimum atomic E-state index is -1.22. The van der Waals surface area contributed by atoms with E-state index in [0.29, 0.717) is 87.7 Å². The standard InChI is InChI=1S/C60H50N10O7S4/c1-68-45-30-36(76-2)18-20-40(45)50-49(54(68)71)64-52(80-50)33-15-14-31-8-6-23-69(44(31)26-33)58(74)66-57-63-43-21-17-32(28-48(43)79-57)38-22-24-70(59(75)65-56-62-42-12-3-4-13-47(42)78-56)46-27-34(16-19-39(38)46)53-67-60(55(72)73)41(51(60)81-53)11-7-25-77-37-10-5-9-35(61)29-37/h3-5,9-10,12-21,26-30,38,41,51H,6-8,11,22-25,61H2,1-2H3,(H,72,73)(H,62,65,75)(H,63,66,74). The van der Waals surface area contributed by atoms with Crippen molar-refractivity contribution in [1.29, 1.82) is 0 Å². The van der Waals surface area contributed by atoms with Crippen molar-refractivity contribution in [3.8, 4) is 22.1 Å². The Kier molecular flexibility index (Phi) is 12.6. The summed E-state index contributed by atoms with van der Waals surface area (Å²) in [6.45, 7) is 1.34. The van der Waals surface area contributed by atoms with E-state index >= 15 is 0 Å². The maximum Gasteiger partial charge on any atom is 0.333 e. The van der Waals surface area contributed by atoms with Gasteiger partial charge in [0.1, 0.15) is 22.0 Å². The monoisotopic (exact) mass is 1150 g/mol. The Labute approximate surface area is 479 Å². The number of rotatable bonds is 12. The van der Waals surface area contributed by atoms with Crippen LogP contribution in [0.4, 0.5) is 36.9 Å². The summed E-state index contributed by atoms with van der Waals surface area (Å²) in [4.78, 5) is 78.1. The Bertz CT molecular complexity index is 4330. The third-order valence-corrected chi connectivity index (χ3v) is 20.4. The second kappa shape index (κ2) is 20.0. The van der Waals surface area contributed by atoms with Gasteiger partial charge in [-0.15, -0.1) is 11.3 Å². The highest BCUT2D eigenvalue weighted by molar-refractivity contribution is 8.15. The zero-order valence-electron chi connectivity index (χ0n) is 43.7. The number of pyridine rings is 1. The van der Waals surface area contributed by atoms with E-state index in [1.54, 1.807) is 40.7 Å². The van der Waals surface area contributed by atoms with Gasteiger partial charge in [0.15, 0.2) is 15.8 Å². The number of carboxylic acids is 1. The zero-order chi connectivity index (χ0) is 55.3. The Morgan fingerprint density at radius 2 is 1.57 bits per heavy atom. The molecule has 3 aliphatic heterocycles. The molecular formula is C60H50N10O7S4. The molecule has 4 amide bonds. The fourth-order valence-corrected chi connectivity index (χ4v) is 16.3. The number of thiazole rings is 3. The van der Waals surface area contributed by atoms with Crippen molar-refractivity contribution >= 4 is 138 Å². The fraction of sp³-hybridized carbons (Fsp3) is 0.233. The highest BCUT2D eigenvalue weighted by Crippen LogP contribution is 2.63. The summed E-state index contributed by atoms with van der Waals surface area (Å²) in [6.07, 6.45) is 3.54. The number of benzene rings is 6. The number of nitrogen functional groups attached to an aromatic ring is 1. The number of carbonyl (C=O) groups excluding carboxylic acids is 2. The maximum absolute atomic E-state index is 14.4. The highest BCUT2D eigenvalue weighted by Gasteiger charge is 2.73. The summed E-state index contributed by atoms with van der Waals surface area (Å²) in [5.74, 6) is 0.155. The van der Waals surface area contributed by atoms with Crippen LogP contribution in [0.15, 0.2) is 131 Å². The predicted molar refractivity (Wildman–Crippen MR) is 325 cm³/mol. The van der Waals surface area contributed by atoms with Crippen LogP contribution in [0.3, 0.4) is 0 Å². The lowest BCUT2D eigenvalue weighted by Crippen LogP contribution is -2.40. The van der Waals surface area contributed by atoms with Gasteiger partial charge in [0.25, 0.3) is 5.56 Å². The number of nitrogens with two attached hydrogens (primary N) is 1. The molecule has 1 aliphatic carbocycles. The summed E-state index contributed by atoms with van der Waals surface area (Å²) in [7, 11) is 3.34. The first-order valence-electron chi connectivity index (χ1n) is 26.6. The Balaban J connectivity index is 0.723. The number of carbonyl (C=O) groups is 3. The number of para-hydroxylation sites is 1. The van der Waals surface area contributed by atoms with Crippen LogP contribution in [-0.2, 0) is 18.3 Å². The van der Waals surface area contributed by atoms with Crippen molar-refractivity contribution in [1.82, 2.24) is 19.5 Å². The van der Waals surface area contributed by atoms with Gasteiger partial charge >= 0.3 is 18.0 Å². The summed E-state index contributed by atoms with van der Waals surface area (Å²) in [5.41, 5.74) is 13.9. The van der Waals surface area contributed by atoms with Crippen molar-refractivity contribution in [3.05, 3.63) is 154 Å². The van der Waals surface area contributed by atoms with Crippen LogP contribution in [0.5, 0.6) is 11.5 Å². The number of fused-ring (bicyclic) bond motifs is 8. The molecule has 1 fully saturated rings. The summed E-state index contributed by atoms with van der Waals surface area (Å²) in [5, 5.41) is 19.8. The molecule has 5 N–H and O–H groups in total. The van der Waals surface area contributed by atoms with E-state index in [1.807, 2.05) is 97.1 Å². The van der Waals surface area contributed by atoms with Crippen LogP contribution in [0.25, 0.3) is 52.1 Å². The number of thioether (sulfide) groups is 1. The Hall–Kier alpha value is -8.37. The first-order valence-corrected chi connectivity index (χ1v) is 29.9. The number of nitrogens with one attached hydrogen (secondary N) is 2. The van der Waals surface area contributed by atoms with E-state index < -0.39 is 11.5 Å². The quantitative estimate of drug-likeness (QED) is 0.0663. The van der Waals surface area contributed by atoms with Gasteiger partial charge in [-0.2, -0.15) is 0 Å². The molecule has 0 spiro atoms. The summed E-state index contributed by atoms with van der Waals surface area (Å²) < 4.78 is 15.6. The summed E-state index contributed by atoms with van der Waals surface area (Å²) >= 11 is 5.76. The molecule has 0 radical (unpaired) electrons. The maximum atomic E-state index is 14.4. The predicted octanol–water partition coefficient (Wildman–Crippen LogP) is 12.4. The van der Waals surface area contributed by atoms with E-state index in [9.17, 15) is 24.3 Å². The molecule has 4 aromatic heterocycles. The van der Waals surface area contributed by atoms with E-state index in [1.165, 1.54) is 45.8 Å². The topological polar surface area (TPSA) is 219 Å². The normalized spacial score (nSPS) is 19.1. The van der Waals surface area contributed by atoms with Gasteiger partial charge in [-0.3, -0.25) is 30.2 Å². The first-order chi connectivity index (χ1) is 39.4. The van der Waals surface area contributed by atoms with Crippen LogP contribution in [-0.4, -0.2) is 85.3 Å². The second-order valence-corrected chi connectivity index (χ2v) is 24.8. The van der Waals surface area contributed by atoms with Gasteiger partial charge in [0.05, 0.1) is 54.7 Å². The van der Waals surface area contributed by atoms with Gasteiger partial charge in [-0.1, -0.05) is 83.0 Å². The number of carboxylic acid groups (broad SMARTS) is 1. The van der Waals surface area contributed by atoms with Crippen molar-refractivity contribution in [3.63, 3.8) is 0 Å². The molecule has 0 saturated heterocycles. The number of aryl methyl sites for hydroxylation is 2. The SMILES string of the molecule is COc1ccc2c3sc(-c4ccc5c(c4)N(C(=O)Nc4nc6ccc(C7CCN(C(=O)Nc8nc9ccccc9s8)c8cc(C9=NC%10(C(=O)O)C(CCCOc%11cccc(N)c%11)C%10S9)ccc87)cc6s4)CCC5)nc3c(=O)n(C)c2c1. The van der Waals surface area contributed by atoms with Gasteiger partial charge in [-0.25, -0.2) is 29.3 Å². The third-order valence-electron chi connectivity index (χ3n) is 15.9. The molecule has 17 nitrogen and oxygen atoms in total. The minimum Gasteiger partial charge on any atom is -0.497 e. The smallest absolute Gasteiger partial charge is 0.333 e. The highest BCUT2D eigenvalue weighted by atomic mass is 32.2. The van der Waals surface area contributed by atoms with Crippen LogP contribution < -0.4 is 41.2 Å². The molecule has 7 heterocycles. The average Bonchev–Trinajstić information content (AvgIpc) is 2.46. The van der Waals surface area contributed by atoms with Crippen molar-refractivity contribution < 1.29 is 29.0 Å². The molecular weight excluding hydrogens is 1100 g/mol. The van der Waals surface area contributed by atoms with E-state index in [0.717, 1.165) is 82.4 Å². The molecule has 6 aromatic carbocycles. The lowest BCUT2D eigenvalue weighted by atomic mass is 9.84. The van der Waals surface area contributed by atoms with E-state index in [-0.39, 0.29) is 34.7 Å². The number of aromatic nitrogens is 4. The number of amides is 4. The van der Waals surface area contributed by atoms with Gasteiger partial charge < -0.3 is 24.9 Å². The largest absolute Gasteiger partial charge is 0.497 e. The molecule has 81 heavy (non-hydrogen) atoms. The third kappa shape index (κ3) is 8.89. The van der Waals surface area contributed by atoms with E-state index in [4.69, 9.17) is 30.2 Å². The number of ether oxygens (including phenoxy) is 2. The van der Waals surface area contributed by atoms with Crippen molar-refractivity contribution in [2.75, 3.05) is 53.0 Å². The fourth-order valence-electron chi connectivity index (χ4n) is 11.8. The van der Waals surface area contributed by atoms with Gasteiger partial charge in [-0.05, 0) is 109 Å². The molecule has 1 saturated carbocycles. The van der Waals surface area contributed by atoms with Gasteiger partial charge in [0, 0.05) is 77.7 Å². The van der Waals surface area contributed by atoms with Crippen LogP contribution in [0.1, 0.15) is 53.9 Å². The van der Waals surface area contributed by atoms with Crippen LogP contribution in [0.2, 0.25) is 0 Å². The molecule has 14 rings (SSSR count). The number of hydrogen-bond acceptors (Lipinski definition) is 15. The lowest BCUT2D eigenvalue weighted by Gasteiger charge is -2.35. The number of aliphatic carboxylic acids is 1. The molecule has 21 heteroatoms. The number of hydrogen-bond donors (Lipinski definition) is 4. The van der Waals surface area contributed by atoms with Crippen molar-refractivity contribution in [2.24, 2.45) is 18.0 Å². The first kappa shape index (κ1) is 50.8. The van der Waals surface area contributed by atoms with E-state index in [2.05, 4.69) is 27.8 Å². The number of methoxy groups -OCH3 is 1. The lowest BCUT2D eigenvalue weighted by molar-refractivity contribution is -0.139. The molecule has 406 valence electrons. The summed E-state index contributed by atoms with van der Waals surface area (Å²) in [6, 6.07) is 38.3. The zero-order valence-corrected chi connectivity index (χ0v) is 46.9. The Morgan fingerprint density at radius 3 is 2.36 bits per heavy atom. The van der Waals surface area contributed by atoms with Crippen LogP contribution in [0, 0.1) is 5.92 Å². The molecule has 4 unspecified atom stereocenters. The molecule has 4 aliphatic rings. The number of aliphatic imine (C=N–C) groups is 1. The van der Waals surface area contributed by atoms with Crippen LogP contribution >= 0.6 is 45.8 Å². The number of anilines is 5. The average molecular weight is 1150 g/mol. The number of nitrogens with zero attached hydrogens (tertiary/aromatic N) is 7. The van der Waals surface area contributed by atoms with Gasteiger partial charge in [0.2, 0.25) is 0 Å². The van der Waals surface area contributed by atoms with Crippen molar-refractivity contribution in [2.45, 2.75) is 48.8 Å². The molecule has 10 aromatic rings. The number of urea groups is 2. The minimum absolute atomic E-state index is 0.110. The molecule has 4 atom stereocenters. The second-order valence-electron chi connectivity index (χ2n) is 20.7. The Morgan fingerprint density at radius 1 is 0.790 bits per heavy atom.